The molecule has 0 spiro atoms. The van der Waals surface area contributed by atoms with E-state index in [0.29, 0.717) is 12.1 Å². The van der Waals surface area contributed by atoms with Crippen LogP contribution in [0.4, 0.5) is 4.79 Å². The van der Waals surface area contributed by atoms with Gasteiger partial charge in [-0.2, -0.15) is 0 Å². The Morgan fingerprint density at radius 1 is 0.982 bits per heavy atom. The molecule has 2 aromatic heterocycles. The van der Waals surface area contributed by atoms with Crippen LogP contribution < -0.4 is 5.32 Å². The molecule has 0 unspecified atom stereocenters. The molecular weight excluding hydrogens is 697 g/mol. The molecule has 2 aliphatic heterocycles. The lowest BCUT2D eigenvalue weighted by molar-refractivity contribution is -0.189. The molecule has 5 amide bonds. The number of carbonyl (C=O) groups excluding carboxylic acids is 4. The van der Waals surface area contributed by atoms with Crippen LogP contribution in [0.25, 0.3) is 10.9 Å². The fourth-order valence-corrected chi connectivity index (χ4v) is 7.62. The van der Waals surface area contributed by atoms with Gasteiger partial charge in [0.25, 0.3) is 5.91 Å². The number of nitrogens with zero attached hydrogens (tertiary/aromatic N) is 7. The van der Waals surface area contributed by atoms with Crippen molar-refractivity contribution in [2.75, 3.05) is 26.7 Å². The fourth-order valence-electron chi connectivity index (χ4n) is 7.62. The predicted molar refractivity (Wildman–Crippen MR) is 207 cm³/mol. The number of amides is 5. The van der Waals surface area contributed by atoms with Gasteiger partial charge in [-0.3, -0.25) is 19.4 Å². The van der Waals surface area contributed by atoms with Crippen molar-refractivity contribution in [3.8, 4) is 5.75 Å². The Hall–Kier alpha value is -6.47. The first-order chi connectivity index (χ1) is 26.6. The fraction of sp³-hybridized carbons (Fsp3) is 0.262. The van der Waals surface area contributed by atoms with Crippen LogP contribution in [-0.2, 0) is 42.7 Å². The maximum absolute atomic E-state index is 14.7. The number of aromatic nitrogens is 2. The molecule has 282 valence electrons. The number of fused-ring (bicyclic) bond motifs is 2. The third-order valence-corrected chi connectivity index (χ3v) is 10.2. The second-order valence-electron chi connectivity index (χ2n) is 14.0. The smallest absolute Gasteiger partial charge is 0.334 e. The first kappa shape index (κ1) is 36.9. The zero-order chi connectivity index (χ0) is 38.6. The van der Waals surface area contributed by atoms with Crippen molar-refractivity contribution in [1.29, 1.82) is 0 Å². The molecule has 0 radical (unpaired) electrons. The Bertz CT molecular complexity index is 2210. The SMILES string of the molecule is C=CCN1CC(=O)N2[C@@H](Cc3ccc(O)cc3)C(=O)N(Cc3cccc4c(C(=O)N(C)Cc5ccccn5)cn(C)c34)C[C@@H]2N1C(=O)NCc1ccccc1. The summed E-state index contributed by atoms with van der Waals surface area (Å²) in [6.07, 6.45) is 4.49. The second kappa shape index (κ2) is 15.9. The third kappa shape index (κ3) is 7.64. The van der Waals surface area contributed by atoms with Crippen molar-refractivity contribution in [2.45, 2.75) is 38.3 Å². The number of urea groups is 1. The minimum atomic E-state index is -0.934. The van der Waals surface area contributed by atoms with Crippen molar-refractivity contribution in [3.63, 3.8) is 0 Å². The number of nitrogens with one attached hydrogen (secondary N) is 1. The van der Waals surface area contributed by atoms with Crippen LogP contribution in [-0.4, -0.2) is 102 Å². The number of carbonyl (C=O) groups is 4. The Kier molecular flexibility index (Phi) is 10.6. The highest BCUT2D eigenvalue weighted by Crippen LogP contribution is 2.32. The predicted octanol–water partition coefficient (Wildman–Crippen LogP) is 4.29. The number of phenolic OH excluding ortho intramolecular Hbond substituents is 1. The molecule has 2 atom stereocenters. The summed E-state index contributed by atoms with van der Waals surface area (Å²) in [6.45, 7) is 4.81. The lowest BCUT2D eigenvalue weighted by Gasteiger charge is -2.55. The van der Waals surface area contributed by atoms with Gasteiger partial charge in [-0.1, -0.05) is 72.8 Å². The molecule has 13 nitrogen and oxygen atoms in total. The summed E-state index contributed by atoms with van der Waals surface area (Å²) in [5.41, 5.74) is 4.57. The first-order valence-electron chi connectivity index (χ1n) is 18.2. The lowest BCUT2D eigenvalue weighted by atomic mass is 9.98. The highest BCUT2D eigenvalue weighted by atomic mass is 16.3. The molecule has 2 N–H and O–H groups in total. The van der Waals surface area contributed by atoms with E-state index in [9.17, 15) is 24.3 Å². The molecule has 4 heterocycles. The Balaban J connectivity index is 1.23. The van der Waals surface area contributed by atoms with Crippen molar-refractivity contribution >= 4 is 34.7 Å². The molecule has 2 fully saturated rings. The summed E-state index contributed by atoms with van der Waals surface area (Å²) in [6, 6.07) is 26.1. The van der Waals surface area contributed by atoms with E-state index in [4.69, 9.17) is 0 Å². The molecule has 2 saturated heterocycles. The van der Waals surface area contributed by atoms with Crippen LogP contribution in [0.2, 0.25) is 0 Å². The molecular formula is C42H44N8O5. The van der Waals surface area contributed by atoms with Crippen molar-refractivity contribution in [1.82, 2.24) is 39.6 Å². The van der Waals surface area contributed by atoms with Crippen LogP contribution in [0.5, 0.6) is 5.75 Å². The van der Waals surface area contributed by atoms with Gasteiger partial charge in [-0.15, -0.1) is 6.58 Å². The topological polar surface area (TPSA) is 135 Å². The van der Waals surface area contributed by atoms with Crippen LogP contribution >= 0.6 is 0 Å². The van der Waals surface area contributed by atoms with Gasteiger partial charge in [0.2, 0.25) is 11.8 Å². The Morgan fingerprint density at radius 2 is 1.75 bits per heavy atom. The molecule has 0 bridgehead atoms. The van der Waals surface area contributed by atoms with E-state index in [-0.39, 0.29) is 62.6 Å². The highest BCUT2D eigenvalue weighted by molar-refractivity contribution is 6.07. The number of hydrogen-bond donors (Lipinski definition) is 2. The first-order valence-corrected chi connectivity index (χ1v) is 18.2. The van der Waals surface area contributed by atoms with E-state index < -0.39 is 18.2 Å². The minimum Gasteiger partial charge on any atom is -0.508 e. The lowest BCUT2D eigenvalue weighted by Crippen LogP contribution is -2.76. The van der Waals surface area contributed by atoms with E-state index in [1.54, 1.807) is 68.3 Å². The molecule has 2 aliphatic rings. The van der Waals surface area contributed by atoms with Crippen LogP contribution in [0.3, 0.4) is 0 Å². The van der Waals surface area contributed by atoms with Crippen LogP contribution in [0.1, 0.15) is 32.7 Å². The number of benzene rings is 3. The van der Waals surface area contributed by atoms with Crippen LogP contribution in [0.15, 0.2) is 116 Å². The number of rotatable bonds is 11. The van der Waals surface area contributed by atoms with E-state index in [1.807, 2.05) is 84.5 Å². The van der Waals surface area contributed by atoms with Gasteiger partial charge in [0.05, 0.1) is 36.4 Å². The second-order valence-corrected chi connectivity index (χ2v) is 14.0. The third-order valence-electron chi connectivity index (χ3n) is 10.2. The minimum absolute atomic E-state index is 0.0441. The summed E-state index contributed by atoms with van der Waals surface area (Å²) in [4.78, 5) is 65.9. The number of piperazine rings is 1. The summed E-state index contributed by atoms with van der Waals surface area (Å²) in [5, 5.41) is 16.9. The largest absolute Gasteiger partial charge is 0.508 e. The van der Waals surface area contributed by atoms with E-state index in [2.05, 4.69) is 16.9 Å². The quantitative estimate of drug-likeness (QED) is 0.193. The molecule has 55 heavy (non-hydrogen) atoms. The average Bonchev–Trinajstić information content (AvgIpc) is 3.53. The van der Waals surface area contributed by atoms with Crippen molar-refractivity contribution in [2.24, 2.45) is 7.05 Å². The molecule has 0 aliphatic carbocycles. The van der Waals surface area contributed by atoms with Gasteiger partial charge >= 0.3 is 6.03 Å². The monoisotopic (exact) mass is 740 g/mol. The number of para-hydroxylation sites is 1. The van der Waals surface area contributed by atoms with Gasteiger partial charge in [0.1, 0.15) is 18.0 Å². The Labute approximate surface area is 319 Å². The summed E-state index contributed by atoms with van der Waals surface area (Å²) in [7, 11) is 3.62. The molecule has 0 saturated carbocycles. The standard InChI is InChI=1S/C42H44N8O5/c1-4-21-48-28-38(52)49-36(22-29-16-18-33(51)19-17-29)41(54)47(27-37(49)50(48)42(55)44-23-30-11-6-5-7-12-30)24-31-13-10-15-34-35(26-45(2)39(31)34)40(53)46(3)25-32-14-8-9-20-43-32/h4-20,26,36-37,51H,1,21-25,27-28H2,2-3H3,(H,44,55)/t36-,37-/m0/s1. The molecule has 5 aromatic rings. The summed E-state index contributed by atoms with van der Waals surface area (Å²) >= 11 is 0. The Morgan fingerprint density at radius 3 is 2.47 bits per heavy atom. The number of hydrazine groups is 1. The maximum atomic E-state index is 14.7. The van der Waals surface area contributed by atoms with Gasteiger partial charge in [0.15, 0.2) is 0 Å². The number of hydrogen-bond acceptors (Lipinski definition) is 7. The normalized spacial score (nSPS) is 17.3. The van der Waals surface area contributed by atoms with Gasteiger partial charge in [-0.25, -0.2) is 14.8 Å². The van der Waals surface area contributed by atoms with Crippen molar-refractivity contribution in [3.05, 3.63) is 144 Å². The summed E-state index contributed by atoms with van der Waals surface area (Å²) in [5.74, 6) is -0.618. The number of phenols is 1. The number of pyridine rings is 1. The van der Waals surface area contributed by atoms with Crippen molar-refractivity contribution < 1.29 is 24.3 Å². The highest BCUT2D eigenvalue weighted by Gasteiger charge is 2.51. The van der Waals surface area contributed by atoms with Gasteiger partial charge in [0, 0.05) is 57.9 Å². The molecule has 3 aromatic carbocycles. The number of aromatic hydroxyl groups is 1. The van der Waals surface area contributed by atoms with E-state index in [1.165, 1.54) is 0 Å². The molecule has 13 heteroatoms. The van der Waals surface area contributed by atoms with E-state index >= 15 is 0 Å². The van der Waals surface area contributed by atoms with Crippen LogP contribution in [0, 0.1) is 0 Å². The van der Waals surface area contributed by atoms with Gasteiger partial charge in [-0.05, 0) is 41.0 Å². The average molecular weight is 741 g/mol. The number of aryl methyl sites for hydroxylation is 1. The maximum Gasteiger partial charge on any atom is 0.334 e. The van der Waals surface area contributed by atoms with Gasteiger partial charge < -0.3 is 29.7 Å². The summed E-state index contributed by atoms with van der Waals surface area (Å²) < 4.78 is 1.90. The molecule has 7 rings (SSSR count). The zero-order valence-electron chi connectivity index (χ0n) is 30.9. The zero-order valence-corrected chi connectivity index (χ0v) is 30.9. The van der Waals surface area contributed by atoms with E-state index in [0.717, 1.165) is 33.3 Å².